The third-order valence-electron chi connectivity index (χ3n) is 6.49. The molecule has 10 heteroatoms. The van der Waals surface area contributed by atoms with Gasteiger partial charge in [0, 0.05) is 30.5 Å². The van der Waals surface area contributed by atoms with Crippen molar-refractivity contribution in [3.05, 3.63) is 29.3 Å². The molecule has 0 aliphatic carbocycles. The zero-order chi connectivity index (χ0) is 24.5. The largest absolute Gasteiger partial charge is 0.491 e. The Bertz CT molecular complexity index is 932. The summed E-state index contributed by atoms with van der Waals surface area (Å²) in [7, 11) is 1.99. The molecule has 34 heavy (non-hydrogen) atoms. The molecule has 4 rings (SSSR count). The number of amidine groups is 1. The predicted molar refractivity (Wildman–Crippen MR) is 127 cm³/mol. The number of benzene rings is 1. The van der Waals surface area contributed by atoms with Crippen LogP contribution in [0.5, 0.6) is 5.75 Å². The van der Waals surface area contributed by atoms with E-state index in [1.807, 2.05) is 11.9 Å². The van der Waals surface area contributed by atoms with Gasteiger partial charge in [-0.3, -0.25) is 4.79 Å². The summed E-state index contributed by atoms with van der Waals surface area (Å²) in [5, 5.41) is 0.518. The van der Waals surface area contributed by atoms with E-state index >= 15 is 0 Å². The lowest BCUT2D eigenvalue weighted by atomic mass is 10.1. The van der Waals surface area contributed by atoms with Crippen molar-refractivity contribution in [1.82, 2.24) is 9.80 Å². The number of hydrogen-bond acceptors (Lipinski definition) is 5. The quantitative estimate of drug-likeness (QED) is 0.567. The van der Waals surface area contributed by atoms with Gasteiger partial charge >= 0.3 is 6.18 Å². The van der Waals surface area contributed by atoms with E-state index < -0.39 is 17.6 Å². The normalized spacial score (nSPS) is 26.5. The number of amides is 1. The molecule has 0 unspecified atom stereocenters. The Balaban J connectivity index is 1.59. The average molecular weight is 500 g/mol. The van der Waals surface area contributed by atoms with E-state index in [0.29, 0.717) is 24.9 Å². The molecule has 3 fully saturated rings. The van der Waals surface area contributed by atoms with Crippen molar-refractivity contribution in [3.63, 3.8) is 0 Å². The van der Waals surface area contributed by atoms with Crippen LogP contribution in [0, 0.1) is 0 Å². The molecule has 1 aromatic rings. The first-order chi connectivity index (χ1) is 16.0. The van der Waals surface area contributed by atoms with Gasteiger partial charge in [-0.1, -0.05) is 11.8 Å². The van der Waals surface area contributed by atoms with Crippen LogP contribution >= 0.6 is 11.8 Å². The minimum Gasteiger partial charge on any atom is -0.491 e. The second kappa shape index (κ2) is 10.1. The Labute approximate surface area is 202 Å². The highest BCUT2D eigenvalue weighted by atomic mass is 32.2. The van der Waals surface area contributed by atoms with E-state index in [2.05, 4.69) is 23.7 Å². The van der Waals surface area contributed by atoms with E-state index in [0.717, 1.165) is 51.0 Å². The highest BCUT2D eigenvalue weighted by Crippen LogP contribution is 2.37. The van der Waals surface area contributed by atoms with Crippen molar-refractivity contribution in [2.24, 2.45) is 4.99 Å². The highest BCUT2D eigenvalue weighted by Gasteiger charge is 2.38. The van der Waals surface area contributed by atoms with Crippen molar-refractivity contribution in [2.45, 2.75) is 62.6 Å². The molecule has 3 aliphatic rings. The Morgan fingerprint density at radius 3 is 2.74 bits per heavy atom. The number of alkyl halides is 3. The summed E-state index contributed by atoms with van der Waals surface area (Å²) in [6.07, 6.45) is -0.545. The summed E-state index contributed by atoms with van der Waals surface area (Å²) in [5.74, 6) is -0.589. The van der Waals surface area contributed by atoms with Gasteiger partial charge in [0.2, 0.25) is 0 Å². The molecule has 3 heterocycles. The Morgan fingerprint density at radius 1 is 1.29 bits per heavy atom. The summed E-state index contributed by atoms with van der Waals surface area (Å²) in [4.78, 5) is 21.7. The molecule has 6 nitrogen and oxygen atoms in total. The minimum absolute atomic E-state index is 0.0747. The molecular weight excluding hydrogens is 467 g/mol. The summed E-state index contributed by atoms with van der Waals surface area (Å²) < 4.78 is 51.7. The van der Waals surface area contributed by atoms with Gasteiger partial charge in [0.25, 0.3) is 5.91 Å². The maximum absolute atomic E-state index is 13.4. The lowest BCUT2D eigenvalue weighted by Crippen LogP contribution is -2.35. The number of likely N-dealkylation sites (tertiary alicyclic amines) is 1. The number of hydrogen-bond donors (Lipinski definition) is 0. The van der Waals surface area contributed by atoms with Crippen molar-refractivity contribution in [3.8, 4) is 5.75 Å². The number of aliphatic imine (C=N–C) groups is 1. The van der Waals surface area contributed by atoms with Crippen molar-refractivity contribution in [2.75, 3.05) is 39.9 Å². The van der Waals surface area contributed by atoms with Gasteiger partial charge < -0.3 is 19.3 Å². The molecule has 2 atom stereocenters. The number of ether oxygens (including phenoxy) is 2. The molecule has 0 radical (unpaired) electrons. The van der Waals surface area contributed by atoms with Crippen LogP contribution in [-0.4, -0.2) is 77.7 Å². The molecule has 3 saturated heterocycles. The lowest BCUT2D eigenvalue weighted by Gasteiger charge is -2.23. The molecule has 0 N–H and O–H groups in total. The summed E-state index contributed by atoms with van der Waals surface area (Å²) in [6.45, 7) is 7.40. The summed E-state index contributed by atoms with van der Waals surface area (Å²) in [5.41, 5.74) is -1.05. The molecule has 1 amide bonds. The monoisotopic (exact) mass is 499 g/mol. The van der Waals surface area contributed by atoms with Crippen molar-refractivity contribution in [1.29, 1.82) is 0 Å². The molecule has 0 saturated carbocycles. The third-order valence-corrected chi connectivity index (χ3v) is 7.71. The number of carbonyl (C=O) groups excluding carboxylic acids is 1. The number of thioether (sulfide) groups is 1. The maximum atomic E-state index is 13.4. The van der Waals surface area contributed by atoms with Crippen LogP contribution in [0.15, 0.2) is 23.2 Å². The van der Waals surface area contributed by atoms with Crippen LogP contribution in [0.3, 0.4) is 0 Å². The van der Waals surface area contributed by atoms with Gasteiger partial charge in [0.1, 0.15) is 12.4 Å². The molecular formula is C24H32F3N3O3S. The molecule has 3 aliphatic heterocycles. The number of rotatable bonds is 6. The maximum Gasteiger partial charge on any atom is 0.416 e. The van der Waals surface area contributed by atoms with Crippen LogP contribution in [0.2, 0.25) is 0 Å². The summed E-state index contributed by atoms with van der Waals surface area (Å²) >= 11 is 1.46. The van der Waals surface area contributed by atoms with Crippen molar-refractivity contribution < 1.29 is 27.4 Å². The van der Waals surface area contributed by atoms with Crippen molar-refractivity contribution >= 4 is 22.8 Å². The third kappa shape index (κ3) is 6.07. The first-order valence-electron chi connectivity index (χ1n) is 11.7. The predicted octanol–water partition coefficient (Wildman–Crippen LogP) is 4.68. The minimum atomic E-state index is -4.57. The molecule has 0 aromatic heterocycles. The first-order valence-corrected chi connectivity index (χ1v) is 12.6. The second-order valence-corrected chi connectivity index (χ2v) is 11.5. The van der Waals surface area contributed by atoms with Crippen LogP contribution in [0.25, 0.3) is 0 Å². The number of carbonyl (C=O) groups is 1. The number of likely N-dealkylation sites (N-methyl/N-ethyl adjacent to an activating group) is 1. The van der Waals surface area contributed by atoms with E-state index in [9.17, 15) is 18.0 Å². The fourth-order valence-corrected chi connectivity index (χ4v) is 5.78. The molecule has 1 aromatic carbocycles. The van der Waals surface area contributed by atoms with Gasteiger partial charge in [-0.15, -0.1) is 0 Å². The van der Waals surface area contributed by atoms with E-state index in [-0.39, 0.29) is 28.2 Å². The Morgan fingerprint density at radius 2 is 2.09 bits per heavy atom. The smallest absolute Gasteiger partial charge is 0.416 e. The Kier molecular flexibility index (Phi) is 7.50. The van der Waals surface area contributed by atoms with Gasteiger partial charge in [0.15, 0.2) is 5.17 Å². The van der Waals surface area contributed by atoms with Gasteiger partial charge in [-0.25, -0.2) is 0 Å². The molecule has 0 bridgehead atoms. The zero-order valence-electron chi connectivity index (χ0n) is 19.9. The second-order valence-electron chi connectivity index (χ2n) is 9.87. The fourth-order valence-electron chi connectivity index (χ4n) is 4.66. The number of halogens is 3. The highest BCUT2D eigenvalue weighted by molar-refractivity contribution is 8.15. The topological polar surface area (TPSA) is 54.4 Å². The zero-order valence-corrected chi connectivity index (χ0v) is 20.7. The Hall–Kier alpha value is -1.78. The van der Waals surface area contributed by atoms with Crippen LogP contribution in [-0.2, 0) is 10.9 Å². The van der Waals surface area contributed by atoms with E-state index in [1.54, 1.807) is 0 Å². The van der Waals surface area contributed by atoms with E-state index in [4.69, 9.17) is 9.47 Å². The average Bonchev–Trinajstić information content (AvgIpc) is 3.47. The lowest BCUT2D eigenvalue weighted by molar-refractivity contribution is -0.137. The van der Waals surface area contributed by atoms with E-state index in [1.165, 1.54) is 17.8 Å². The van der Waals surface area contributed by atoms with Crippen LogP contribution < -0.4 is 4.74 Å². The van der Waals surface area contributed by atoms with Gasteiger partial charge in [-0.2, -0.15) is 18.2 Å². The van der Waals surface area contributed by atoms with Crippen LogP contribution in [0.4, 0.5) is 13.2 Å². The van der Waals surface area contributed by atoms with Gasteiger partial charge in [-0.05, 0) is 71.3 Å². The molecule has 0 spiro atoms. The number of nitrogens with zero attached hydrogens (tertiary/aromatic N) is 3. The standard InChI is InChI=1S/C24H32F3N3O3S/c1-23(2)15-30(13-18-7-5-11-32-18)22(34-23)28-21(31)19-12-16(24(25,26)27)8-9-20(19)33-14-17-6-4-10-29(17)3/h8-9,12,17-18H,4-7,10-11,13-15H2,1-3H3/t17-,18+/m0/s1. The first kappa shape index (κ1) is 25.3. The summed E-state index contributed by atoms with van der Waals surface area (Å²) in [6, 6.07) is 3.22. The SMILES string of the molecule is CN1CCC[C@H]1COc1ccc(C(F)(F)F)cc1C(=O)N=C1SC(C)(C)CN1C[C@H]1CCCO1. The molecule has 188 valence electrons. The van der Waals surface area contributed by atoms with Gasteiger partial charge in [0.05, 0.1) is 17.2 Å². The fraction of sp³-hybridized carbons (Fsp3) is 0.667. The van der Waals surface area contributed by atoms with Crippen LogP contribution in [0.1, 0.15) is 55.5 Å².